The summed E-state index contributed by atoms with van der Waals surface area (Å²) >= 11 is 0. The first kappa shape index (κ1) is 6.39. The van der Waals surface area contributed by atoms with Gasteiger partial charge in [0, 0.05) is 25.7 Å². The molecule has 1 aromatic rings. The van der Waals surface area contributed by atoms with Crippen molar-refractivity contribution in [2.45, 2.75) is 6.42 Å². The van der Waals surface area contributed by atoms with Gasteiger partial charge in [0.05, 0.1) is 6.33 Å². The second kappa shape index (κ2) is 2.08. The average Bonchev–Trinajstić information content (AvgIpc) is 2.45. The van der Waals surface area contributed by atoms with Gasteiger partial charge in [-0.05, 0) is 0 Å². The third kappa shape index (κ3) is 0.824. The molecule has 1 aromatic heterocycles. The number of likely N-dealkylation sites (N-methyl/N-ethyl adjacent to an activating group) is 1. The molecule has 0 atom stereocenters. The zero-order valence-electron chi connectivity index (χ0n) is 6.29. The van der Waals surface area contributed by atoms with Crippen LogP contribution in [-0.2, 0) is 6.42 Å². The molecule has 0 aliphatic carbocycles. The SMILES string of the molecule is CN1CCc2[nH]cnc2C1=O. The van der Waals surface area contributed by atoms with Gasteiger partial charge in [0.1, 0.15) is 5.69 Å². The molecule has 2 heterocycles. The molecule has 58 valence electrons. The minimum absolute atomic E-state index is 0.0208. The number of rotatable bonds is 0. The summed E-state index contributed by atoms with van der Waals surface area (Å²) in [5.41, 5.74) is 1.55. The molecular formula is C7H9N3O. The van der Waals surface area contributed by atoms with Crippen LogP contribution in [0.5, 0.6) is 0 Å². The van der Waals surface area contributed by atoms with Gasteiger partial charge >= 0.3 is 0 Å². The highest BCUT2D eigenvalue weighted by Gasteiger charge is 2.23. The second-order valence-corrected chi connectivity index (χ2v) is 2.71. The molecule has 0 saturated carbocycles. The molecule has 4 nitrogen and oxygen atoms in total. The Balaban J connectivity index is 2.46. The summed E-state index contributed by atoms with van der Waals surface area (Å²) in [6, 6.07) is 0. The highest BCUT2D eigenvalue weighted by Crippen LogP contribution is 2.12. The Morgan fingerprint density at radius 2 is 2.55 bits per heavy atom. The predicted octanol–water partition coefficient (Wildman–Crippen LogP) is 0.0378. The van der Waals surface area contributed by atoms with E-state index >= 15 is 0 Å². The molecule has 0 saturated heterocycles. The van der Waals surface area contributed by atoms with Crippen molar-refractivity contribution in [2.24, 2.45) is 0 Å². The zero-order valence-corrected chi connectivity index (χ0v) is 6.29. The lowest BCUT2D eigenvalue weighted by Gasteiger charge is -2.20. The van der Waals surface area contributed by atoms with Gasteiger partial charge in [-0.15, -0.1) is 0 Å². The number of fused-ring (bicyclic) bond motifs is 1. The van der Waals surface area contributed by atoms with Crippen LogP contribution in [0.15, 0.2) is 6.33 Å². The fourth-order valence-electron chi connectivity index (χ4n) is 1.26. The molecule has 1 N–H and O–H groups in total. The standard InChI is InChI=1S/C7H9N3O/c1-10-3-2-5-6(7(10)11)9-4-8-5/h4H,2-3H2,1H3,(H,8,9). The number of aromatic amines is 1. The first-order valence-electron chi connectivity index (χ1n) is 3.57. The summed E-state index contributed by atoms with van der Waals surface area (Å²) in [5, 5.41) is 0. The monoisotopic (exact) mass is 151 g/mol. The molecular weight excluding hydrogens is 142 g/mol. The average molecular weight is 151 g/mol. The molecule has 2 rings (SSSR count). The van der Waals surface area contributed by atoms with E-state index in [-0.39, 0.29) is 5.91 Å². The molecule has 0 spiro atoms. The van der Waals surface area contributed by atoms with Crippen molar-refractivity contribution in [2.75, 3.05) is 13.6 Å². The molecule has 0 aromatic carbocycles. The zero-order chi connectivity index (χ0) is 7.84. The topological polar surface area (TPSA) is 49.0 Å². The summed E-state index contributed by atoms with van der Waals surface area (Å²) in [5.74, 6) is 0.0208. The van der Waals surface area contributed by atoms with Crippen molar-refractivity contribution >= 4 is 5.91 Å². The lowest BCUT2D eigenvalue weighted by molar-refractivity contribution is 0.0774. The lowest BCUT2D eigenvalue weighted by atomic mass is 10.1. The molecule has 1 aliphatic rings. The van der Waals surface area contributed by atoms with E-state index in [0.29, 0.717) is 5.69 Å². The molecule has 1 amide bonds. The number of carbonyl (C=O) groups excluding carboxylic acids is 1. The van der Waals surface area contributed by atoms with Crippen LogP contribution in [0.25, 0.3) is 0 Å². The van der Waals surface area contributed by atoms with Gasteiger partial charge in [0.25, 0.3) is 5.91 Å². The maximum atomic E-state index is 11.3. The van der Waals surface area contributed by atoms with E-state index in [4.69, 9.17) is 0 Å². The van der Waals surface area contributed by atoms with Crippen LogP contribution in [0.1, 0.15) is 16.2 Å². The second-order valence-electron chi connectivity index (χ2n) is 2.71. The number of nitrogens with zero attached hydrogens (tertiary/aromatic N) is 2. The van der Waals surface area contributed by atoms with Gasteiger partial charge < -0.3 is 9.88 Å². The Kier molecular flexibility index (Phi) is 1.21. The fraction of sp³-hybridized carbons (Fsp3) is 0.429. The van der Waals surface area contributed by atoms with Gasteiger partial charge in [-0.25, -0.2) is 4.98 Å². The molecule has 0 fully saturated rings. The summed E-state index contributed by atoms with van der Waals surface area (Å²) < 4.78 is 0. The molecule has 4 heteroatoms. The number of aromatic nitrogens is 2. The van der Waals surface area contributed by atoms with Gasteiger partial charge in [-0.3, -0.25) is 4.79 Å². The van der Waals surface area contributed by atoms with Crippen molar-refractivity contribution in [1.82, 2.24) is 14.9 Å². The van der Waals surface area contributed by atoms with Crippen LogP contribution in [0.4, 0.5) is 0 Å². The Morgan fingerprint density at radius 1 is 1.73 bits per heavy atom. The van der Waals surface area contributed by atoms with E-state index in [0.717, 1.165) is 18.7 Å². The lowest BCUT2D eigenvalue weighted by Crippen LogP contribution is -2.34. The van der Waals surface area contributed by atoms with Crippen molar-refractivity contribution < 1.29 is 4.79 Å². The van der Waals surface area contributed by atoms with Gasteiger partial charge in [-0.2, -0.15) is 0 Å². The highest BCUT2D eigenvalue weighted by atomic mass is 16.2. The van der Waals surface area contributed by atoms with Crippen LogP contribution in [0.2, 0.25) is 0 Å². The molecule has 0 radical (unpaired) electrons. The Hall–Kier alpha value is -1.32. The Bertz CT molecular complexity index is 292. The number of nitrogens with one attached hydrogen (secondary N) is 1. The maximum Gasteiger partial charge on any atom is 0.274 e. The van der Waals surface area contributed by atoms with Crippen molar-refractivity contribution in [1.29, 1.82) is 0 Å². The number of amides is 1. The van der Waals surface area contributed by atoms with Crippen LogP contribution in [0.3, 0.4) is 0 Å². The minimum Gasteiger partial charge on any atom is -0.348 e. The number of imidazole rings is 1. The summed E-state index contributed by atoms with van der Waals surface area (Å²) in [6.45, 7) is 0.786. The number of hydrogen-bond acceptors (Lipinski definition) is 2. The fourth-order valence-corrected chi connectivity index (χ4v) is 1.26. The van der Waals surface area contributed by atoms with E-state index in [9.17, 15) is 4.79 Å². The molecule has 11 heavy (non-hydrogen) atoms. The summed E-state index contributed by atoms with van der Waals surface area (Å²) in [4.78, 5) is 19.9. The van der Waals surface area contributed by atoms with E-state index < -0.39 is 0 Å². The van der Waals surface area contributed by atoms with Gasteiger partial charge in [-0.1, -0.05) is 0 Å². The number of H-pyrrole nitrogens is 1. The van der Waals surface area contributed by atoms with E-state index in [1.165, 1.54) is 0 Å². The van der Waals surface area contributed by atoms with E-state index in [2.05, 4.69) is 9.97 Å². The van der Waals surface area contributed by atoms with Crippen LogP contribution >= 0.6 is 0 Å². The summed E-state index contributed by atoms with van der Waals surface area (Å²) in [7, 11) is 1.79. The first-order chi connectivity index (χ1) is 5.29. The van der Waals surface area contributed by atoms with Crippen molar-refractivity contribution in [3.8, 4) is 0 Å². The number of carbonyl (C=O) groups is 1. The third-order valence-corrected chi connectivity index (χ3v) is 1.96. The third-order valence-electron chi connectivity index (χ3n) is 1.96. The molecule has 0 unspecified atom stereocenters. The highest BCUT2D eigenvalue weighted by molar-refractivity contribution is 5.94. The first-order valence-corrected chi connectivity index (χ1v) is 3.57. The van der Waals surface area contributed by atoms with E-state index in [1.54, 1.807) is 18.3 Å². The van der Waals surface area contributed by atoms with Gasteiger partial charge in [0.15, 0.2) is 0 Å². The van der Waals surface area contributed by atoms with Crippen LogP contribution in [0, 0.1) is 0 Å². The van der Waals surface area contributed by atoms with Crippen LogP contribution < -0.4 is 0 Å². The van der Waals surface area contributed by atoms with Crippen molar-refractivity contribution in [3.63, 3.8) is 0 Å². The van der Waals surface area contributed by atoms with E-state index in [1.807, 2.05) is 0 Å². The predicted molar refractivity (Wildman–Crippen MR) is 39.3 cm³/mol. The number of hydrogen-bond donors (Lipinski definition) is 1. The Morgan fingerprint density at radius 3 is 3.36 bits per heavy atom. The Labute approximate surface area is 64.2 Å². The summed E-state index contributed by atoms with van der Waals surface area (Å²) in [6.07, 6.45) is 2.46. The quantitative estimate of drug-likeness (QED) is 0.569. The normalized spacial score (nSPS) is 16.8. The molecule has 1 aliphatic heterocycles. The van der Waals surface area contributed by atoms with Crippen molar-refractivity contribution in [3.05, 3.63) is 17.7 Å². The van der Waals surface area contributed by atoms with Gasteiger partial charge in [0.2, 0.25) is 0 Å². The van der Waals surface area contributed by atoms with Crippen LogP contribution in [-0.4, -0.2) is 34.4 Å². The largest absolute Gasteiger partial charge is 0.348 e. The molecule has 0 bridgehead atoms. The smallest absolute Gasteiger partial charge is 0.274 e. The maximum absolute atomic E-state index is 11.3. The minimum atomic E-state index is 0.0208.